The Morgan fingerprint density at radius 1 is 1.12 bits per heavy atom. The highest BCUT2D eigenvalue weighted by Gasteiger charge is 2.09. The minimum Gasteiger partial charge on any atom is -0.497 e. The lowest BCUT2D eigenvalue weighted by molar-refractivity contribution is -0.122. The molecule has 1 aromatic rings. The zero-order valence-electron chi connectivity index (χ0n) is 15.0. The number of carbonyl (C=O) groups excluding carboxylic acids is 2. The third-order valence-electron chi connectivity index (χ3n) is 3.80. The fourth-order valence-corrected chi connectivity index (χ4v) is 2.18. The maximum absolute atomic E-state index is 11.9. The Balaban J connectivity index is 2.37. The van der Waals surface area contributed by atoms with Crippen LogP contribution in [0.5, 0.6) is 11.5 Å². The molecular weight excluding hydrogens is 308 g/mol. The molecule has 0 aliphatic heterocycles. The van der Waals surface area contributed by atoms with Crippen LogP contribution in [0.15, 0.2) is 18.2 Å². The molecule has 1 atom stereocenters. The van der Waals surface area contributed by atoms with Gasteiger partial charge in [0.2, 0.25) is 11.8 Å². The van der Waals surface area contributed by atoms with Crippen LogP contribution in [0.4, 0.5) is 0 Å². The molecule has 2 amide bonds. The largest absolute Gasteiger partial charge is 0.497 e. The number of nitrogens with one attached hydrogen (secondary N) is 2. The molecule has 0 aliphatic rings. The van der Waals surface area contributed by atoms with E-state index in [1.54, 1.807) is 14.2 Å². The molecule has 1 rings (SSSR count). The number of carbonyl (C=O) groups is 2. The lowest BCUT2D eigenvalue weighted by atomic mass is 10.1. The fraction of sp³-hybridized carbons (Fsp3) is 0.556. The van der Waals surface area contributed by atoms with Crippen LogP contribution in [-0.2, 0) is 16.0 Å². The molecule has 0 aromatic heterocycles. The second-order valence-corrected chi connectivity index (χ2v) is 5.65. The fourth-order valence-electron chi connectivity index (χ4n) is 2.18. The van der Waals surface area contributed by atoms with Gasteiger partial charge in [0.25, 0.3) is 0 Å². The van der Waals surface area contributed by atoms with E-state index in [1.165, 1.54) is 0 Å². The number of aryl methyl sites for hydroxylation is 1. The van der Waals surface area contributed by atoms with Crippen LogP contribution in [0.1, 0.15) is 38.7 Å². The molecule has 0 bridgehead atoms. The van der Waals surface area contributed by atoms with Gasteiger partial charge in [-0.1, -0.05) is 6.92 Å². The van der Waals surface area contributed by atoms with Crippen molar-refractivity contribution in [2.24, 2.45) is 0 Å². The monoisotopic (exact) mass is 336 g/mol. The summed E-state index contributed by atoms with van der Waals surface area (Å²) in [6.07, 6.45) is 2.06. The first-order chi connectivity index (χ1) is 11.5. The number of hydrogen-bond acceptors (Lipinski definition) is 4. The van der Waals surface area contributed by atoms with Crippen LogP contribution >= 0.6 is 0 Å². The smallest absolute Gasteiger partial charge is 0.221 e. The van der Waals surface area contributed by atoms with Gasteiger partial charge in [-0.25, -0.2) is 0 Å². The maximum atomic E-state index is 11.9. The Morgan fingerprint density at radius 3 is 2.50 bits per heavy atom. The second kappa shape index (κ2) is 10.5. The van der Waals surface area contributed by atoms with Crippen LogP contribution in [0.2, 0.25) is 0 Å². The molecule has 0 fully saturated rings. The van der Waals surface area contributed by atoms with Gasteiger partial charge in [-0.05, 0) is 43.5 Å². The van der Waals surface area contributed by atoms with Gasteiger partial charge in [-0.15, -0.1) is 0 Å². The molecule has 134 valence electrons. The van der Waals surface area contributed by atoms with E-state index in [4.69, 9.17) is 9.47 Å². The van der Waals surface area contributed by atoms with Crippen molar-refractivity contribution in [3.63, 3.8) is 0 Å². The average Bonchev–Trinajstić information content (AvgIpc) is 2.59. The summed E-state index contributed by atoms with van der Waals surface area (Å²) in [5.41, 5.74) is 0.918. The molecular formula is C18H28N2O4. The van der Waals surface area contributed by atoms with Crippen molar-refractivity contribution in [3.8, 4) is 11.5 Å². The third kappa shape index (κ3) is 6.89. The Morgan fingerprint density at radius 2 is 1.88 bits per heavy atom. The Bertz CT molecular complexity index is 546. The Labute approximate surface area is 143 Å². The zero-order chi connectivity index (χ0) is 17.9. The molecule has 0 unspecified atom stereocenters. The molecule has 6 heteroatoms. The minimum absolute atomic E-state index is 0.0425. The van der Waals surface area contributed by atoms with Crippen LogP contribution in [0.25, 0.3) is 0 Å². The molecule has 1 aromatic carbocycles. The van der Waals surface area contributed by atoms with Gasteiger partial charge >= 0.3 is 0 Å². The van der Waals surface area contributed by atoms with Gasteiger partial charge < -0.3 is 20.1 Å². The number of benzene rings is 1. The number of amides is 2. The summed E-state index contributed by atoms with van der Waals surface area (Å²) in [7, 11) is 3.20. The molecule has 0 radical (unpaired) electrons. The number of hydrogen-bond donors (Lipinski definition) is 2. The van der Waals surface area contributed by atoms with E-state index in [-0.39, 0.29) is 17.9 Å². The highest BCUT2D eigenvalue weighted by atomic mass is 16.5. The number of ether oxygens (including phenoxy) is 2. The summed E-state index contributed by atoms with van der Waals surface area (Å²) < 4.78 is 10.5. The first-order valence-corrected chi connectivity index (χ1v) is 8.27. The molecule has 24 heavy (non-hydrogen) atoms. The van der Waals surface area contributed by atoms with Crippen LogP contribution in [0, 0.1) is 0 Å². The Kier molecular flexibility index (Phi) is 8.68. The topological polar surface area (TPSA) is 76.7 Å². The standard InChI is InChI=1S/C18H28N2O4/c1-5-13(2)20-18(22)10-11-19-17(21)9-6-14-12-15(23-3)7-8-16(14)24-4/h7-8,12-13H,5-6,9-11H2,1-4H3,(H,19,21)(H,20,22)/t13-/m0/s1. The van der Waals surface area contributed by atoms with E-state index in [0.717, 1.165) is 23.5 Å². The molecule has 0 spiro atoms. The van der Waals surface area contributed by atoms with E-state index < -0.39 is 0 Å². The van der Waals surface area contributed by atoms with E-state index >= 15 is 0 Å². The van der Waals surface area contributed by atoms with Gasteiger partial charge in [0, 0.05) is 25.4 Å². The Hall–Kier alpha value is -2.24. The van der Waals surface area contributed by atoms with E-state index in [2.05, 4.69) is 10.6 Å². The molecule has 2 N–H and O–H groups in total. The van der Waals surface area contributed by atoms with Crippen molar-refractivity contribution in [3.05, 3.63) is 23.8 Å². The summed E-state index contributed by atoms with van der Waals surface area (Å²) in [6, 6.07) is 5.67. The van der Waals surface area contributed by atoms with E-state index in [9.17, 15) is 9.59 Å². The van der Waals surface area contributed by atoms with Crippen LogP contribution < -0.4 is 20.1 Å². The normalized spacial score (nSPS) is 11.5. The van der Waals surface area contributed by atoms with Crippen molar-refractivity contribution in [1.82, 2.24) is 10.6 Å². The van der Waals surface area contributed by atoms with Gasteiger partial charge in [-0.3, -0.25) is 9.59 Å². The minimum atomic E-state index is -0.0868. The van der Waals surface area contributed by atoms with Crippen molar-refractivity contribution in [1.29, 1.82) is 0 Å². The molecule has 0 saturated carbocycles. The highest BCUT2D eigenvalue weighted by molar-refractivity contribution is 5.79. The maximum Gasteiger partial charge on any atom is 0.221 e. The summed E-state index contributed by atoms with van der Waals surface area (Å²) >= 11 is 0. The van der Waals surface area contributed by atoms with Gasteiger partial charge in [0.1, 0.15) is 11.5 Å². The van der Waals surface area contributed by atoms with E-state index in [1.807, 2.05) is 32.0 Å². The SMILES string of the molecule is CC[C@H](C)NC(=O)CCNC(=O)CCc1cc(OC)ccc1OC. The highest BCUT2D eigenvalue weighted by Crippen LogP contribution is 2.24. The van der Waals surface area contributed by atoms with Crippen LogP contribution in [0.3, 0.4) is 0 Å². The molecule has 0 aliphatic carbocycles. The van der Waals surface area contributed by atoms with Crippen molar-refractivity contribution >= 4 is 11.8 Å². The van der Waals surface area contributed by atoms with Crippen molar-refractivity contribution in [2.45, 2.75) is 45.6 Å². The average molecular weight is 336 g/mol. The molecule has 6 nitrogen and oxygen atoms in total. The summed E-state index contributed by atoms with van der Waals surface area (Å²) in [5.74, 6) is 1.33. The second-order valence-electron chi connectivity index (χ2n) is 5.65. The first-order valence-electron chi connectivity index (χ1n) is 8.27. The predicted molar refractivity (Wildman–Crippen MR) is 93.4 cm³/mol. The summed E-state index contributed by atoms with van der Waals surface area (Å²) in [6.45, 7) is 4.31. The van der Waals surface area contributed by atoms with Gasteiger partial charge in [0.15, 0.2) is 0 Å². The van der Waals surface area contributed by atoms with Crippen LogP contribution in [-0.4, -0.2) is 38.6 Å². The van der Waals surface area contributed by atoms with Crippen molar-refractivity contribution < 1.29 is 19.1 Å². The van der Waals surface area contributed by atoms with E-state index in [0.29, 0.717) is 25.8 Å². The molecule has 0 saturated heterocycles. The lowest BCUT2D eigenvalue weighted by Gasteiger charge is -2.12. The summed E-state index contributed by atoms with van der Waals surface area (Å²) in [4.78, 5) is 23.5. The number of methoxy groups -OCH3 is 2. The number of rotatable bonds is 10. The first kappa shape index (κ1) is 19.8. The van der Waals surface area contributed by atoms with Gasteiger partial charge in [0.05, 0.1) is 14.2 Å². The predicted octanol–water partition coefficient (Wildman–Crippen LogP) is 2.06. The lowest BCUT2D eigenvalue weighted by Crippen LogP contribution is -2.35. The van der Waals surface area contributed by atoms with Crippen molar-refractivity contribution in [2.75, 3.05) is 20.8 Å². The third-order valence-corrected chi connectivity index (χ3v) is 3.80. The van der Waals surface area contributed by atoms with Gasteiger partial charge in [-0.2, -0.15) is 0 Å². The molecule has 0 heterocycles. The summed E-state index contributed by atoms with van der Waals surface area (Å²) in [5, 5.41) is 5.64. The zero-order valence-corrected chi connectivity index (χ0v) is 15.0. The quantitative estimate of drug-likeness (QED) is 0.686.